The van der Waals surface area contributed by atoms with Crippen LogP contribution >= 0.6 is 0 Å². The molecule has 0 bridgehead atoms. The second-order valence-electron chi connectivity index (χ2n) is 3.80. The molecule has 0 aromatic carbocycles. The maximum Gasteiger partial charge on any atom is 0.291 e. The van der Waals surface area contributed by atoms with Crippen molar-refractivity contribution in [1.29, 1.82) is 0 Å². The Bertz CT molecular complexity index is 361. The Labute approximate surface area is 88.3 Å². The molecule has 2 heterocycles. The van der Waals surface area contributed by atoms with Gasteiger partial charge < -0.3 is 15.1 Å². The quantitative estimate of drug-likeness (QED) is 0.771. The van der Waals surface area contributed by atoms with Gasteiger partial charge in [-0.2, -0.15) is 0 Å². The highest BCUT2D eigenvalue weighted by molar-refractivity contribution is 5.92. The summed E-state index contributed by atoms with van der Waals surface area (Å²) in [5, 5.41) is 0. The number of hydrogen-bond donors (Lipinski definition) is 1. The number of carbonyl (C=O) groups excluding carboxylic acids is 1. The van der Waals surface area contributed by atoms with Crippen LogP contribution in [0.25, 0.3) is 0 Å². The van der Waals surface area contributed by atoms with Crippen molar-refractivity contribution >= 4 is 5.91 Å². The third-order valence-electron chi connectivity index (χ3n) is 2.85. The van der Waals surface area contributed by atoms with Crippen molar-refractivity contribution in [2.75, 3.05) is 13.1 Å². The van der Waals surface area contributed by atoms with E-state index in [-0.39, 0.29) is 11.9 Å². The summed E-state index contributed by atoms with van der Waals surface area (Å²) in [6.45, 7) is 3.05. The van der Waals surface area contributed by atoms with Gasteiger partial charge in [0.15, 0.2) is 6.39 Å². The molecule has 0 radical (unpaired) electrons. The zero-order chi connectivity index (χ0) is 10.8. The first-order chi connectivity index (χ1) is 7.24. The molecule has 5 nitrogen and oxygen atoms in total. The van der Waals surface area contributed by atoms with Gasteiger partial charge in [-0.15, -0.1) is 0 Å². The van der Waals surface area contributed by atoms with E-state index in [1.165, 1.54) is 6.39 Å². The molecule has 1 aliphatic heterocycles. The minimum atomic E-state index is -0.0852. The molecule has 15 heavy (non-hydrogen) atoms. The van der Waals surface area contributed by atoms with Crippen LogP contribution in [0.4, 0.5) is 0 Å². The topological polar surface area (TPSA) is 72.4 Å². The van der Waals surface area contributed by atoms with E-state index >= 15 is 0 Å². The molecule has 1 atom stereocenters. The summed E-state index contributed by atoms with van der Waals surface area (Å²) in [5.74, 6) is 0.258. The third kappa shape index (κ3) is 1.74. The van der Waals surface area contributed by atoms with E-state index < -0.39 is 0 Å². The number of rotatable bonds is 2. The van der Waals surface area contributed by atoms with Crippen molar-refractivity contribution in [3.05, 3.63) is 17.8 Å². The molecule has 1 amide bonds. The van der Waals surface area contributed by atoms with Crippen molar-refractivity contribution in [3.8, 4) is 0 Å². The Morgan fingerprint density at radius 2 is 2.60 bits per heavy atom. The van der Waals surface area contributed by atoms with Crippen molar-refractivity contribution in [1.82, 2.24) is 9.88 Å². The highest BCUT2D eigenvalue weighted by Crippen LogP contribution is 2.20. The van der Waals surface area contributed by atoms with Gasteiger partial charge in [0.2, 0.25) is 5.76 Å². The number of nitrogens with zero attached hydrogens (tertiary/aromatic N) is 2. The summed E-state index contributed by atoms with van der Waals surface area (Å²) in [6.07, 6.45) is 3.30. The molecule has 0 saturated carbocycles. The van der Waals surface area contributed by atoms with Crippen LogP contribution in [0.3, 0.4) is 0 Å². The van der Waals surface area contributed by atoms with Crippen LogP contribution in [0.2, 0.25) is 0 Å². The smallest absolute Gasteiger partial charge is 0.291 e. The number of oxazole rings is 1. The molecule has 0 spiro atoms. The van der Waals surface area contributed by atoms with E-state index in [2.05, 4.69) is 4.98 Å². The van der Waals surface area contributed by atoms with Crippen molar-refractivity contribution in [3.63, 3.8) is 0 Å². The van der Waals surface area contributed by atoms with Crippen molar-refractivity contribution in [2.45, 2.75) is 25.8 Å². The number of hydrogen-bond acceptors (Lipinski definition) is 4. The molecule has 82 valence electrons. The minimum Gasteiger partial charge on any atom is -0.438 e. The summed E-state index contributed by atoms with van der Waals surface area (Å²) < 4.78 is 5.09. The molecule has 1 aliphatic rings. The fourth-order valence-electron chi connectivity index (χ4n) is 1.99. The molecular formula is C10H15N3O2. The van der Waals surface area contributed by atoms with Crippen LogP contribution in [0.1, 0.15) is 29.1 Å². The van der Waals surface area contributed by atoms with Gasteiger partial charge in [-0.3, -0.25) is 4.79 Å². The van der Waals surface area contributed by atoms with E-state index in [0.29, 0.717) is 18.0 Å². The Balaban J connectivity index is 2.18. The van der Waals surface area contributed by atoms with Crippen LogP contribution in [0, 0.1) is 6.92 Å². The SMILES string of the molecule is Cc1ncoc1C(=O)N1CCCC1CN. The summed E-state index contributed by atoms with van der Waals surface area (Å²) in [5.41, 5.74) is 6.25. The van der Waals surface area contributed by atoms with Crippen LogP contribution in [-0.2, 0) is 0 Å². The Hall–Kier alpha value is -1.36. The molecule has 1 aromatic heterocycles. The van der Waals surface area contributed by atoms with Gasteiger partial charge in [0, 0.05) is 19.1 Å². The first-order valence-corrected chi connectivity index (χ1v) is 5.15. The zero-order valence-corrected chi connectivity index (χ0v) is 8.77. The lowest BCUT2D eigenvalue weighted by Crippen LogP contribution is -2.40. The minimum absolute atomic E-state index is 0.0852. The Morgan fingerprint density at radius 3 is 3.20 bits per heavy atom. The number of amides is 1. The molecule has 0 aliphatic carbocycles. The van der Waals surface area contributed by atoms with Crippen LogP contribution in [0.5, 0.6) is 0 Å². The normalized spacial score (nSPS) is 20.9. The van der Waals surface area contributed by atoms with Gasteiger partial charge in [-0.05, 0) is 19.8 Å². The van der Waals surface area contributed by atoms with Gasteiger partial charge in [-0.25, -0.2) is 4.98 Å². The van der Waals surface area contributed by atoms with E-state index in [4.69, 9.17) is 10.2 Å². The predicted molar refractivity (Wildman–Crippen MR) is 54.4 cm³/mol. The van der Waals surface area contributed by atoms with Gasteiger partial charge in [0.25, 0.3) is 5.91 Å². The number of aryl methyl sites for hydroxylation is 1. The maximum atomic E-state index is 12.0. The summed E-state index contributed by atoms with van der Waals surface area (Å²) in [7, 11) is 0. The molecular weight excluding hydrogens is 194 g/mol. The average Bonchev–Trinajstić information content (AvgIpc) is 2.84. The highest BCUT2D eigenvalue weighted by Gasteiger charge is 2.30. The van der Waals surface area contributed by atoms with Gasteiger partial charge in [-0.1, -0.05) is 0 Å². The van der Waals surface area contributed by atoms with Crippen LogP contribution in [0.15, 0.2) is 10.8 Å². The molecule has 1 saturated heterocycles. The van der Waals surface area contributed by atoms with E-state index in [1.54, 1.807) is 11.8 Å². The van der Waals surface area contributed by atoms with Crippen molar-refractivity contribution < 1.29 is 9.21 Å². The van der Waals surface area contributed by atoms with Crippen molar-refractivity contribution in [2.24, 2.45) is 5.73 Å². The molecule has 1 aromatic rings. The largest absolute Gasteiger partial charge is 0.438 e. The number of likely N-dealkylation sites (tertiary alicyclic amines) is 1. The van der Waals surface area contributed by atoms with Crippen LogP contribution in [-0.4, -0.2) is 34.9 Å². The predicted octanol–water partition coefficient (Wildman–Crippen LogP) is 0.546. The zero-order valence-electron chi connectivity index (χ0n) is 8.77. The van der Waals surface area contributed by atoms with Crippen LogP contribution < -0.4 is 5.73 Å². The van der Waals surface area contributed by atoms with E-state index in [1.807, 2.05) is 0 Å². The summed E-state index contributed by atoms with van der Waals surface area (Å²) in [6, 6.07) is 0.155. The Kier molecular flexibility index (Phi) is 2.73. The van der Waals surface area contributed by atoms with Gasteiger partial charge >= 0.3 is 0 Å². The number of carbonyl (C=O) groups is 1. The molecule has 2 N–H and O–H groups in total. The molecule has 2 rings (SSSR count). The van der Waals surface area contributed by atoms with E-state index in [9.17, 15) is 4.79 Å². The molecule has 1 fully saturated rings. The summed E-state index contributed by atoms with van der Waals surface area (Å²) in [4.78, 5) is 17.7. The second-order valence-corrected chi connectivity index (χ2v) is 3.80. The maximum absolute atomic E-state index is 12.0. The fraction of sp³-hybridized carbons (Fsp3) is 0.600. The Morgan fingerprint density at radius 1 is 1.80 bits per heavy atom. The molecule has 5 heteroatoms. The fourth-order valence-corrected chi connectivity index (χ4v) is 1.99. The monoisotopic (exact) mass is 209 g/mol. The second kappa shape index (κ2) is 4.02. The lowest BCUT2D eigenvalue weighted by atomic mass is 10.2. The van der Waals surface area contributed by atoms with Gasteiger partial charge in [0.05, 0.1) is 5.69 Å². The lowest BCUT2D eigenvalue weighted by molar-refractivity contribution is 0.0708. The lowest BCUT2D eigenvalue weighted by Gasteiger charge is -2.22. The van der Waals surface area contributed by atoms with Gasteiger partial charge in [0.1, 0.15) is 0 Å². The van der Waals surface area contributed by atoms with E-state index in [0.717, 1.165) is 19.4 Å². The summed E-state index contributed by atoms with van der Waals surface area (Å²) >= 11 is 0. The number of nitrogens with two attached hydrogens (primary N) is 1. The highest BCUT2D eigenvalue weighted by atomic mass is 16.3. The molecule has 1 unspecified atom stereocenters. The standard InChI is InChI=1S/C10H15N3O2/c1-7-9(15-6-12-7)10(14)13-4-2-3-8(13)5-11/h6,8H,2-5,11H2,1H3. The number of aromatic nitrogens is 1. The first kappa shape index (κ1) is 10.2. The third-order valence-corrected chi connectivity index (χ3v) is 2.85. The first-order valence-electron chi connectivity index (χ1n) is 5.15. The average molecular weight is 209 g/mol.